The molecular formula is C19H23NS. The van der Waals surface area contributed by atoms with Crippen LogP contribution in [0.1, 0.15) is 31.2 Å². The second-order valence-corrected chi connectivity index (χ2v) is 7.90. The highest BCUT2D eigenvalue weighted by atomic mass is 32.1. The van der Waals surface area contributed by atoms with Gasteiger partial charge in [0.2, 0.25) is 0 Å². The summed E-state index contributed by atoms with van der Waals surface area (Å²) in [6, 6.07) is 9.12. The Hall–Kier alpha value is -1.12. The normalized spacial score (nSPS) is 25.3. The third-order valence-corrected chi connectivity index (χ3v) is 6.11. The monoisotopic (exact) mass is 297 g/mol. The Morgan fingerprint density at radius 2 is 2.10 bits per heavy atom. The van der Waals surface area contributed by atoms with Gasteiger partial charge in [0, 0.05) is 11.2 Å². The van der Waals surface area contributed by atoms with Crippen molar-refractivity contribution in [3.8, 4) is 0 Å². The van der Waals surface area contributed by atoms with Crippen molar-refractivity contribution >= 4 is 27.0 Å². The van der Waals surface area contributed by atoms with Gasteiger partial charge in [0.25, 0.3) is 0 Å². The molecule has 0 N–H and O–H groups in total. The summed E-state index contributed by atoms with van der Waals surface area (Å²) in [7, 11) is 4.40. The summed E-state index contributed by atoms with van der Waals surface area (Å²) in [6.45, 7) is 1.13. The van der Waals surface area contributed by atoms with Crippen LogP contribution in [0, 0.1) is 11.8 Å². The van der Waals surface area contributed by atoms with Crippen molar-refractivity contribution < 1.29 is 0 Å². The van der Waals surface area contributed by atoms with E-state index in [-0.39, 0.29) is 0 Å². The lowest BCUT2D eigenvalue weighted by Crippen LogP contribution is -2.21. The van der Waals surface area contributed by atoms with E-state index in [4.69, 9.17) is 0 Å². The molecule has 2 heteroatoms. The van der Waals surface area contributed by atoms with E-state index in [9.17, 15) is 0 Å². The molecule has 0 spiro atoms. The number of fused-ring (bicyclic) bond motifs is 3. The molecule has 0 unspecified atom stereocenters. The van der Waals surface area contributed by atoms with Crippen molar-refractivity contribution in [3.05, 3.63) is 40.8 Å². The van der Waals surface area contributed by atoms with Gasteiger partial charge < -0.3 is 4.90 Å². The summed E-state index contributed by atoms with van der Waals surface area (Å²) in [5.74, 6) is 1.77. The molecule has 0 saturated heterocycles. The van der Waals surface area contributed by atoms with E-state index in [0.717, 1.165) is 18.4 Å². The van der Waals surface area contributed by atoms with Crippen LogP contribution >= 0.6 is 11.3 Å². The van der Waals surface area contributed by atoms with Gasteiger partial charge in [0.05, 0.1) is 0 Å². The van der Waals surface area contributed by atoms with Crippen molar-refractivity contribution in [2.45, 2.75) is 25.7 Å². The van der Waals surface area contributed by atoms with E-state index in [1.165, 1.54) is 41.3 Å². The highest BCUT2D eigenvalue weighted by Crippen LogP contribution is 2.50. The third-order valence-electron chi connectivity index (χ3n) is 5.14. The molecule has 1 aromatic heterocycles. The average molecular weight is 297 g/mol. The fourth-order valence-corrected chi connectivity index (χ4v) is 5.34. The first kappa shape index (κ1) is 13.5. The molecule has 0 radical (unpaired) electrons. The summed E-state index contributed by atoms with van der Waals surface area (Å²) in [4.78, 5) is 2.34. The van der Waals surface area contributed by atoms with Crippen molar-refractivity contribution in [2.75, 3.05) is 20.6 Å². The van der Waals surface area contributed by atoms with Crippen LogP contribution < -0.4 is 0 Å². The number of nitrogens with zero attached hydrogens (tertiary/aromatic N) is 1. The summed E-state index contributed by atoms with van der Waals surface area (Å²) >= 11 is 1.91. The Bertz CT molecular complexity index is 694. The minimum atomic E-state index is 0.811. The van der Waals surface area contributed by atoms with Crippen LogP contribution in [0.5, 0.6) is 0 Å². The Kier molecular flexibility index (Phi) is 3.39. The molecule has 4 rings (SSSR count). The van der Waals surface area contributed by atoms with Gasteiger partial charge in [-0.25, -0.2) is 0 Å². The van der Waals surface area contributed by atoms with Gasteiger partial charge in [-0.05, 0) is 79.6 Å². The Balaban J connectivity index is 1.89. The number of likely N-dealkylation sites (N-methyl/N-ethyl adjacent to an activating group) is 1. The van der Waals surface area contributed by atoms with E-state index in [0.29, 0.717) is 0 Å². The van der Waals surface area contributed by atoms with Gasteiger partial charge in [-0.3, -0.25) is 0 Å². The van der Waals surface area contributed by atoms with Crippen LogP contribution in [0.4, 0.5) is 0 Å². The van der Waals surface area contributed by atoms with Gasteiger partial charge in [0.15, 0.2) is 0 Å². The third kappa shape index (κ3) is 2.35. The molecule has 2 aliphatic carbocycles. The molecule has 1 nitrogen and oxygen atoms in total. The zero-order valence-electron chi connectivity index (χ0n) is 12.9. The van der Waals surface area contributed by atoms with Crippen LogP contribution in [0.25, 0.3) is 15.7 Å². The molecule has 2 bridgehead atoms. The molecular weight excluding hydrogens is 274 g/mol. The maximum Gasteiger partial charge on any atom is 0.0417 e. The SMILES string of the molecule is CN(C)CC1=C(c2cccc3ccsc23)[C@@H]2CC[C@H](C1)C2. The van der Waals surface area contributed by atoms with Gasteiger partial charge in [0.1, 0.15) is 0 Å². The lowest BCUT2D eigenvalue weighted by atomic mass is 9.79. The van der Waals surface area contributed by atoms with Crippen molar-refractivity contribution in [3.63, 3.8) is 0 Å². The van der Waals surface area contributed by atoms with Crippen LogP contribution in [-0.4, -0.2) is 25.5 Å². The minimum Gasteiger partial charge on any atom is -0.305 e. The fraction of sp³-hybridized carbons (Fsp3) is 0.474. The highest BCUT2D eigenvalue weighted by Gasteiger charge is 2.35. The first-order valence-electron chi connectivity index (χ1n) is 8.05. The van der Waals surface area contributed by atoms with Crippen LogP contribution in [0.3, 0.4) is 0 Å². The zero-order valence-corrected chi connectivity index (χ0v) is 13.7. The van der Waals surface area contributed by atoms with E-state index in [1.807, 2.05) is 11.3 Å². The molecule has 1 saturated carbocycles. The molecule has 1 heterocycles. The number of hydrogen-bond donors (Lipinski definition) is 0. The lowest BCUT2D eigenvalue weighted by molar-refractivity contribution is 0.413. The van der Waals surface area contributed by atoms with Gasteiger partial charge in [-0.1, -0.05) is 23.8 Å². The van der Waals surface area contributed by atoms with E-state index in [1.54, 1.807) is 11.1 Å². The number of allylic oxidation sites excluding steroid dienone is 1. The van der Waals surface area contributed by atoms with Gasteiger partial charge in [-0.2, -0.15) is 0 Å². The van der Waals surface area contributed by atoms with Crippen molar-refractivity contribution in [1.82, 2.24) is 4.90 Å². The molecule has 2 aliphatic rings. The molecule has 2 atom stereocenters. The number of hydrogen-bond acceptors (Lipinski definition) is 2. The minimum absolute atomic E-state index is 0.811. The number of thiophene rings is 1. The fourth-order valence-electron chi connectivity index (χ4n) is 4.42. The Morgan fingerprint density at radius 3 is 2.95 bits per heavy atom. The number of benzene rings is 1. The molecule has 21 heavy (non-hydrogen) atoms. The Morgan fingerprint density at radius 1 is 1.19 bits per heavy atom. The maximum atomic E-state index is 2.36. The molecule has 0 aliphatic heterocycles. The largest absolute Gasteiger partial charge is 0.305 e. The standard InChI is InChI=1S/C19H23NS/c1-20(2)12-16-11-13-6-7-15(10-13)18(16)17-5-3-4-14-8-9-21-19(14)17/h3-5,8-9,13,15H,6-7,10-12H2,1-2H3/t13-,15+/m0/s1. The van der Waals surface area contributed by atoms with E-state index < -0.39 is 0 Å². The topological polar surface area (TPSA) is 3.24 Å². The molecule has 1 fully saturated rings. The second-order valence-electron chi connectivity index (χ2n) is 6.98. The van der Waals surface area contributed by atoms with E-state index in [2.05, 4.69) is 48.6 Å². The summed E-state index contributed by atoms with van der Waals surface area (Å²) in [5, 5.41) is 3.65. The van der Waals surface area contributed by atoms with E-state index >= 15 is 0 Å². The average Bonchev–Trinajstić information content (AvgIpc) is 3.05. The predicted octanol–water partition coefficient (Wildman–Crippen LogP) is 5.04. The zero-order chi connectivity index (χ0) is 14.4. The predicted molar refractivity (Wildman–Crippen MR) is 92.7 cm³/mol. The Labute approximate surface area is 131 Å². The molecule has 2 aromatic rings. The molecule has 110 valence electrons. The van der Waals surface area contributed by atoms with Crippen LogP contribution in [-0.2, 0) is 0 Å². The highest BCUT2D eigenvalue weighted by molar-refractivity contribution is 7.17. The van der Waals surface area contributed by atoms with Crippen molar-refractivity contribution in [1.29, 1.82) is 0 Å². The van der Waals surface area contributed by atoms with Crippen molar-refractivity contribution in [2.24, 2.45) is 11.8 Å². The van der Waals surface area contributed by atoms with Crippen LogP contribution in [0.15, 0.2) is 35.2 Å². The summed E-state index contributed by atoms with van der Waals surface area (Å²) < 4.78 is 1.49. The first-order valence-corrected chi connectivity index (χ1v) is 8.93. The quantitative estimate of drug-likeness (QED) is 0.767. The number of rotatable bonds is 3. The smallest absolute Gasteiger partial charge is 0.0417 e. The second kappa shape index (κ2) is 5.26. The lowest BCUT2D eigenvalue weighted by Gasteiger charge is -2.29. The first-order chi connectivity index (χ1) is 10.2. The van der Waals surface area contributed by atoms with Crippen LogP contribution in [0.2, 0.25) is 0 Å². The summed E-state index contributed by atoms with van der Waals surface area (Å²) in [5.41, 5.74) is 4.94. The molecule has 0 amide bonds. The van der Waals surface area contributed by atoms with Gasteiger partial charge >= 0.3 is 0 Å². The maximum absolute atomic E-state index is 2.36. The summed E-state index contributed by atoms with van der Waals surface area (Å²) in [6.07, 6.45) is 5.59. The van der Waals surface area contributed by atoms with Gasteiger partial charge in [-0.15, -0.1) is 11.3 Å². The molecule has 1 aromatic carbocycles.